The van der Waals surface area contributed by atoms with Crippen LogP contribution in [0.15, 0.2) is 36.7 Å². The molecule has 2 heterocycles. The van der Waals surface area contributed by atoms with Crippen LogP contribution in [0.25, 0.3) is 10.8 Å². The molecule has 0 atom stereocenters. The fourth-order valence-corrected chi connectivity index (χ4v) is 3.24. The summed E-state index contributed by atoms with van der Waals surface area (Å²) < 4.78 is 0. The Hall–Kier alpha value is -1.74. The van der Waals surface area contributed by atoms with E-state index >= 15 is 0 Å². The van der Waals surface area contributed by atoms with Crippen LogP contribution in [-0.2, 0) is 0 Å². The highest BCUT2D eigenvalue weighted by molar-refractivity contribution is 6.10. The van der Waals surface area contributed by atoms with Crippen molar-refractivity contribution in [3.63, 3.8) is 0 Å². The molecule has 3 rings (SSSR count). The number of carbonyl (C=O) groups excluding carboxylic acids is 1. The maximum Gasteiger partial charge on any atom is 0.169 e. The summed E-state index contributed by atoms with van der Waals surface area (Å²) in [6.07, 6.45) is 6.35. The molecule has 1 aromatic heterocycles. The zero-order chi connectivity index (χ0) is 14.0. The van der Waals surface area contributed by atoms with Crippen LogP contribution in [0, 0.1) is 5.41 Å². The summed E-state index contributed by atoms with van der Waals surface area (Å²) >= 11 is 0. The molecule has 3 heteroatoms. The molecule has 0 amide bonds. The Morgan fingerprint density at radius 2 is 2.10 bits per heavy atom. The number of hydrogen-bond donors (Lipinski definition) is 1. The second-order valence-electron chi connectivity index (χ2n) is 5.62. The Morgan fingerprint density at radius 1 is 1.30 bits per heavy atom. The molecule has 1 fully saturated rings. The first-order chi connectivity index (χ1) is 9.77. The van der Waals surface area contributed by atoms with Gasteiger partial charge >= 0.3 is 0 Å². The average molecular weight is 268 g/mol. The minimum absolute atomic E-state index is 0.199. The zero-order valence-electron chi connectivity index (χ0n) is 11.9. The van der Waals surface area contributed by atoms with Gasteiger partial charge in [0.1, 0.15) is 0 Å². The quantitative estimate of drug-likeness (QED) is 0.869. The Kier molecular flexibility index (Phi) is 3.53. The number of pyridine rings is 1. The van der Waals surface area contributed by atoms with Crippen molar-refractivity contribution in [2.24, 2.45) is 5.41 Å². The van der Waals surface area contributed by atoms with Crippen LogP contribution in [0.2, 0.25) is 0 Å². The topological polar surface area (TPSA) is 42.0 Å². The van der Waals surface area contributed by atoms with Crippen molar-refractivity contribution in [2.45, 2.75) is 26.2 Å². The van der Waals surface area contributed by atoms with Gasteiger partial charge in [-0.15, -0.1) is 0 Å². The van der Waals surface area contributed by atoms with Gasteiger partial charge in [-0.1, -0.05) is 25.1 Å². The lowest BCUT2D eigenvalue weighted by molar-refractivity contribution is 0.0719. The summed E-state index contributed by atoms with van der Waals surface area (Å²) in [5, 5.41) is 5.42. The molecule has 3 nitrogen and oxygen atoms in total. The van der Waals surface area contributed by atoms with Gasteiger partial charge in [0.2, 0.25) is 0 Å². The standard InChI is InChI=1S/C17H20N2O/c1-2-17(7-10-18-11-8-17)16(20)14-5-3-4-13-6-9-19-12-15(13)14/h3-6,9,12,18H,2,7-8,10-11H2,1H3. The van der Waals surface area contributed by atoms with Crippen LogP contribution >= 0.6 is 0 Å². The maximum atomic E-state index is 13.1. The summed E-state index contributed by atoms with van der Waals surface area (Å²) in [6, 6.07) is 7.92. The van der Waals surface area contributed by atoms with Crippen molar-refractivity contribution in [1.82, 2.24) is 10.3 Å². The second-order valence-corrected chi connectivity index (χ2v) is 5.62. The number of aromatic nitrogens is 1. The Bertz CT molecular complexity index is 624. The van der Waals surface area contributed by atoms with Crippen LogP contribution in [0.5, 0.6) is 0 Å². The number of hydrogen-bond acceptors (Lipinski definition) is 3. The van der Waals surface area contributed by atoms with Gasteiger partial charge in [0, 0.05) is 28.8 Å². The first kappa shape index (κ1) is 13.3. The van der Waals surface area contributed by atoms with Gasteiger partial charge in [-0.2, -0.15) is 0 Å². The number of nitrogens with zero attached hydrogens (tertiary/aromatic N) is 1. The molecule has 1 aromatic carbocycles. The van der Waals surface area contributed by atoms with Crippen molar-refractivity contribution in [2.75, 3.05) is 13.1 Å². The number of ketones is 1. The van der Waals surface area contributed by atoms with Crippen molar-refractivity contribution >= 4 is 16.6 Å². The first-order valence-corrected chi connectivity index (χ1v) is 7.35. The van der Waals surface area contributed by atoms with E-state index in [0.717, 1.165) is 48.7 Å². The Morgan fingerprint density at radius 3 is 2.85 bits per heavy atom. The fraction of sp³-hybridized carbons (Fsp3) is 0.412. The molecule has 1 aliphatic heterocycles. The Labute approximate surface area is 119 Å². The van der Waals surface area contributed by atoms with E-state index in [1.807, 2.05) is 30.5 Å². The van der Waals surface area contributed by atoms with E-state index in [2.05, 4.69) is 17.2 Å². The predicted molar refractivity (Wildman–Crippen MR) is 80.9 cm³/mol. The predicted octanol–water partition coefficient (Wildman–Crippen LogP) is 3.20. The van der Waals surface area contributed by atoms with Gasteiger partial charge in [0.15, 0.2) is 5.78 Å². The lowest BCUT2D eigenvalue weighted by Gasteiger charge is -2.35. The third-order valence-corrected chi connectivity index (χ3v) is 4.65. The van der Waals surface area contributed by atoms with E-state index in [-0.39, 0.29) is 5.41 Å². The van der Waals surface area contributed by atoms with Crippen LogP contribution in [0.4, 0.5) is 0 Å². The van der Waals surface area contributed by atoms with Crippen molar-refractivity contribution in [3.05, 3.63) is 42.2 Å². The molecule has 0 radical (unpaired) electrons. The molecular formula is C17H20N2O. The van der Waals surface area contributed by atoms with E-state index in [1.54, 1.807) is 6.20 Å². The van der Waals surface area contributed by atoms with E-state index < -0.39 is 0 Å². The van der Waals surface area contributed by atoms with Crippen LogP contribution in [-0.4, -0.2) is 23.9 Å². The van der Waals surface area contributed by atoms with Gasteiger partial charge in [-0.25, -0.2) is 0 Å². The van der Waals surface area contributed by atoms with Crippen LogP contribution in [0.3, 0.4) is 0 Å². The van der Waals surface area contributed by atoms with Crippen molar-refractivity contribution in [3.8, 4) is 0 Å². The monoisotopic (exact) mass is 268 g/mol. The summed E-state index contributed by atoms with van der Waals surface area (Å²) in [7, 11) is 0. The lowest BCUT2D eigenvalue weighted by atomic mass is 9.71. The number of carbonyl (C=O) groups is 1. The normalized spacial score (nSPS) is 18.1. The number of piperidine rings is 1. The highest BCUT2D eigenvalue weighted by Gasteiger charge is 2.38. The number of benzene rings is 1. The van der Waals surface area contributed by atoms with Gasteiger partial charge in [0.05, 0.1) is 0 Å². The summed E-state index contributed by atoms with van der Waals surface area (Å²) in [5.74, 6) is 0.292. The summed E-state index contributed by atoms with van der Waals surface area (Å²) in [4.78, 5) is 17.3. The van der Waals surface area contributed by atoms with E-state index in [4.69, 9.17) is 0 Å². The third kappa shape index (κ3) is 2.12. The zero-order valence-corrected chi connectivity index (χ0v) is 11.9. The molecule has 0 unspecified atom stereocenters. The minimum Gasteiger partial charge on any atom is -0.317 e. The number of rotatable bonds is 3. The molecule has 104 valence electrons. The SMILES string of the molecule is CCC1(C(=O)c2cccc3ccncc23)CCNCC1. The molecule has 0 bridgehead atoms. The van der Waals surface area contributed by atoms with Gasteiger partial charge in [-0.3, -0.25) is 9.78 Å². The highest BCUT2D eigenvalue weighted by atomic mass is 16.1. The molecule has 0 spiro atoms. The van der Waals surface area contributed by atoms with Gasteiger partial charge in [-0.05, 0) is 43.8 Å². The number of nitrogens with one attached hydrogen (secondary N) is 1. The maximum absolute atomic E-state index is 13.1. The fourth-order valence-electron chi connectivity index (χ4n) is 3.24. The molecule has 0 aliphatic carbocycles. The van der Waals surface area contributed by atoms with E-state index in [0.29, 0.717) is 5.78 Å². The molecule has 2 aromatic rings. The minimum atomic E-state index is -0.199. The third-order valence-electron chi connectivity index (χ3n) is 4.65. The van der Waals surface area contributed by atoms with Crippen molar-refractivity contribution < 1.29 is 4.79 Å². The van der Waals surface area contributed by atoms with Gasteiger partial charge in [0.25, 0.3) is 0 Å². The van der Waals surface area contributed by atoms with Crippen LogP contribution in [0.1, 0.15) is 36.5 Å². The molecule has 20 heavy (non-hydrogen) atoms. The van der Waals surface area contributed by atoms with Crippen LogP contribution < -0.4 is 5.32 Å². The van der Waals surface area contributed by atoms with E-state index in [1.165, 1.54) is 0 Å². The second kappa shape index (κ2) is 5.33. The molecule has 1 saturated heterocycles. The molecule has 1 aliphatic rings. The average Bonchev–Trinajstić information content (AvgIpc) is 2.54. The summed E-state index contributed by atoms with van der Waals surface area (Å²) in [5.41, 5.74) is 0.634. The van der Waals surface area contributed by atoms with E-state index in [9.17, 15) is 4.79 Å². The first-order valence-electron chi connectivity index (χ1n) is 7.35. The molecule has 1 N–H and O–H groups in total. The lowest BCUT2D eigenvalue weighted by Crippen LogP contribution is -2.41. The molecule has 0 saturated carbocycles. The largest absolute Gasteiger partial charge is 0.317 e. The number of Topliss-reactive ketones (excluding diaryl/α,β-unsaturated/α-hetero) is 1. The Balaban J connectivity index is 2.08. The highest BCUT2D eigenvalue weighted by Crippen LogP contribution is 2.37. The molecular weight excluding hydrogens is 248 g/mol. The van der Waals surface area contributed by atoms with Gasteiger partial charge < -0.3 is 5.32 Å². The van der Waals surface area contributed by atoms with Crippen molar-refractivity contribution in [1.29, 1.82) is 0 Å². The summed E-state index contributed by atoms with van der Waals surface area (Å²) in [6.45, 7) is 4.00. The number of fused-ring (bicyclic) bond motifs is 1. The smallest absolute Gasteiger partial charge is 0.169 e.